The SMILES string of the molecule is CNC(=O)[C@H](C)N(Cc1cccc(C)c1)C(=O)CN(c1ccc2c(c1)OCCO2)S(=O)(=O)c1ccccc1. The summed E-state index contributed by atoms with van der Waals surface area (Å²) in [6, 6.07) is 19.4. The van der Waals surface area contributed by atoms with Gasteiger partial charge in [0.25, 0.3) is 10.0 Å². The molecule has 0 aliphatic carbocycles. The maximum absolute atomic E-state index is 13.8. The quantitative estimate of drug-likeness (QED) is 0.450. The molecule has 9 nitrogen and oxygen atoms in total. The highest BCUT2D eigenvalue weighted by atomic mass is 32.2. The van der Waals surface area contributed by atoms with Crippen LogP contribution in [0.2, 0.25) is 0 Å². The minimum Gasteiger partial charge on any atom is -0.486 e. The van der Waals surface area contributed by atoms with Gasteiger partial charge in [0.15, 0.2) is 11.5 Å². The Bertz CT molecular complexity index is 1410. The van der Waals surface area contributed by atoms with Crippen molar-refractivity contribution in [2.75, 3.05) is 31.1 Å². The third-order valence-corrected chi connectivity index (χ3v) is 8.06. The molecule has 1 N–H and O–H groups in total. The summed E-state index contributed by atoms with van der Waals surface area (Å²) in [5.41, 5.74) is 2.08. The number of carbonyl (C=O) groups is 2. The standard InChI is InChI=1S/C28H31N3O6S/c1-20-8-7-9-22(16-20)18-30(21(2)28(33)29-3)27(32)19-31(38(34,35)24-10-5-4-6-11-24)23-12-13-25-26(17-23)37-15-14-36-25/h4-13,16-17,21H,14-15,18-19H2,1-3H3,(H,29,33)/t21-/m0/s1. The number of amides is 2. The molecule has 1 aliphatic rings. The van der Waals surface area contributed by atoms with Gasteiger partial charge < -0.3 is 19.7 Å². The Labute approximate surface area is 223 Å². The third-order valence-electron chi connectivity index (χ3n) is 6.27. The minimum absolute atomic E-state index is 0.0345. The molecule has 0 radical (unpaired) electrons. The Morgan fingerprint density at radius 1 is 0.947 bits per heavy atom. The lowest BCUT2D eigenvalue weighted by Crippen LogP contribution is -2.50. The third kappa shape index (κ3) is 5.91. The molecule has 3 aromatic carbocycles. The van der Waals surface area contributed by atoms with Crippen molar-refractivity contribution < 1.29 is 27.5 Å². The van der Waals surface area contributed by atoms with Crippen molar-refractivity contribution in [3.63, 3.8) is 0 Å². The second-order valence-electron chi connectivity index (χ2n) is 8.95. The molecular formula is C28H31N3O6S. The molecular weight excluding hydrogens is 506 g/mol. The van der Waals surface area contributed by atoms with Gasteiger partial charge in [-0.05, 0) is 43.7 Å². The van der Waals surface area contributed by atoms with Crippen molar-refractivity contribution in [2.45, 2.75) is 31.3 Å². The minimum atomic E-state index is -4.15. The van der Waals surface area contributed by atoms with E-state index >= 15 is 0 Å². The number of nitrogens with one attached hydrogen (secondary N) is 1. The molecule has 10 heteroatoms. The molecule has 0 bridgehead atoms. The van der Waals surface area contributed by atoms with Gasteiger partial charge in [0.1, 0.15) is 25.8 Å². The monoisotopic (exact) mass is 537 g/mol. The first kappa shape index (κ1) is 27.0. The molecule has 3 aromatic rings. The molecule has 0 unspecified atom stereocenters. The zero-order valence-corrected chi connectivity index (χ0v) is 22.4. The van der Waals surface area contributed by atoms with Crippen LogP contribution in [0, 0.1) is 6.92 Å². The van der Waals surface area contributed by atoms with E-state index in [1.165, 1.54) is 24.1 Å². The lowest BCUT2D eigenvalue weighted by Gasteiger charge is -2.32. The highest BCUT2D eigenvalue weighted by Gasteiger charge is 2.33. The fourth-order valence-electron chi connectivity index (χ4n) is 4.23. The van der Waals surface area contributed by atoms with Crippen molar-refractivity contribution in [2.24, 2.45) is 0 Å². The van der Waals surface area contributed by atoms with Gasteiger partial charge in [-0.25, -0.2) is 8.42 Å². The van der Waals surface area contributed by atoms with Crippen LogP contribution in [0.1, 0.15) is 18.1 Å². The van der Waals surface area contributed by atoms with E-state index in [0.717, 1.165) is 15.4 Å². The zero-order valence-electron chi connectivity index (χ0n) is 21.6. The fraction of sp³-hybridized carbons (Fsp3) is 0.286. The first-order valence-corrected chi connectivity index (χ1v) is 13.7. The number of carbonyl (C=O) groups excluding carboxylic acids is 2. The van der Waals surface area contributed by atoms with Gasteiger partial charge in [-0.3, -0.25) is 13.9 Å². The predicted octanol–water partition coefficient (Wildman–Crippen LogP) is 3.12. The number of hydrogen-bond donors (Lipinski definition) is 1. The van der Waals surface area contributed by atoms with Crippen LogP contribution in [0.15, 0.2) is 77.7 Å². The molecule has 1 atom stereocenters. The Hall–Kier alpha value is -4.05. The average Bonchev–Trinajstić information content (AvgIpc) is 2.93. The van der Waals surface area contributed by atoms with Crippen LogP contribution in [0.4, 0.5) is 5.69 Å². The summed E-state index contributed by atoms with van der Waals surface area (Å²) in [6.07, 6.45) is 0. The van der Waals surface area contributed by atoms with Crippen LogP contribution in [0.3, 0.4) is 0 Å². The Morgan fingerprint density at radius 2 is 1.66 bits per heavy atom. The number of benzene rings is 3. The zero-order chi connectivity index (χ0) is 27.3. The number of ether oxygens (including phenoxy) is 2. The van der Waals surface area contributed by atoms with Crippen molar-refractivity contribution in [3.05, 3.63) is 83.9 Å². The van der Waals surface area contributed by atoms with E-state index in [1.54, 1.807) is 43.3 Å². The second-order valence-corrected chi connectivity index (χ2v) is 10.8. The fourth-order valence-corrected chi connectivity index (χ4v) is 5.66. The van der Waals surface area contributed by atoms with Crippen LogP contribution in [-0.4, -0.2) is 58.0 Å². The molecule has 4 rings (SSSR count). The molecule has 1 heterocycles. The lowest BCUT2D eigenvalue weighted by molar-refractivity contribution is -0.139. The van der Waals surface area contributed by atoms with E-state index in [0.29, 0.717) is 24.7 Å². The molecule has 0 saturated carbocycles. The highest BCUT2D eigenvalue weighted by Crippen LogP contribution is 2.36. The van der Waals surface area contributed by atoms with E-state index in [4.69, 9.17) is 9.47 Å². The van der Waals surface area contributed by atoms with Gasteiger partial charge in [0.05, 0.1) is 10.6 Å². The number of likely N-dealkylation sites (N-methyl/N-ethyl adjacent to an activating group) is 1. The molecule has 0 saturated heterocycles. The molecule has 0 fully saturated rings. The van der Waals surface area contributed by atoms with E-state index < -0.39 is 28.5 Å². The van der Waals surface area contributed by atoms with E-state index in [-0.39, 0.29) is 23.0 Å². The normalized spacial score (nSPS) is 13.3. The van der Waals surface area contributed by atoms with Crippen LogP contribution in [-0.2, 0) is 26.2 Å². The maximum Gasteiger partial charge on any atom is 0.264 e. The Morgan fingerprint density at radius 3 is 2.34 bits per heavy atom. The molecule has 38 heavy (non-hydrogen) atoms. The lowest BCUT2D eigenvalue weighted by atomic mass is 10.1. The van der Waals surface area contributed by atoms with Crippen LogP contribution in [0.5, 0.6) is 11.5 Å². The Kier molecular flexibility index (Phi) is 8.21. The van der Waals surface area contributed by atoms with Crippen molar-refractivity contribution in [1.29, 1.82) is 0 Å². The van der Waals surface area contributed by atoms with Crippen LogP contribution in [0.25, 0.3) is 0 Å². The smallest absolute Gasteiger partial charge is 0.264 e. The second kappa shape index (κ2) is 11.6. The van der Waals surface area contributed by atoms with E-state index in [9.17, 15) is 18.0 Å². The topological polar surface area (TPSA) is 105 Å². The van der Waals surface area contributed by atoms with Crippen LogP contribution < -0.4 is 19.1 Å². The van der Waals surface area contributed by atoms with Gasteiger partial charge >= 0.3 is 0 Å². The number of nitrogens with zero attached hydrogens (tertiary/aromatic N) is 2. The summed E-state index contributed by atoms with van der Waals surface area (Å²) in [4.78, 5) is 27.8. The largest absolute Gasteiger partial charge is 0.486 e. The van der Waals surface area contributed by atoms with Gasteiger partial charge in [-0.1, -0.05) is 48.0 Å². The number of sulfonamides is 1. The number of rotatable bonds is 9. The van der Waals surface area contributed by atoms with E-state index in [1.807, 2.05) is 31.2 Å². The van der Waals surface area contributed by atoms with Crippen LogP contribution >= 0.6 is 0 Å². The van der Waals surface area contributed by atoms with E-state index in [2.05, 4.69) is 5.32 Å². The summed E-state index contributed by atoms with van der Waals surface area (Å²) in [5.74, 6) is 0.00213. The molecule has 0 spiro atoms. The summed E-state index contributed by atoms with van der Waals surface area (Å²) >= 11 is 0. The molecule has 2 amide bonds. The summed E-state index contributed by atoms with van der Waals surface area (Å²) < 4.78 is 39.9. The van der Waals surface area contributed by atoms with Crippen molar-refractivity contribution in [1.82, 2.24) is 10.2 Å². The summed E-state index contributed by atoms with van der Waals surface area (Å²) in [6.45, 7) is 3.89. The molecule has 0 aromatic heterocycles. The molecule has 200 valence electrons. The average molecular weight is 538 g/mol. The summed E-state index contributed by atoms with van der Waals surface area (Å²) in [7, 11) is -2.66. The number of anilines is 1. The number of fused-ring (bicyclic) bond motifs is 1. The van der Waals surface area contributed by atoms with Crippen molar-refractivity contribution in [3.8, 4) is 11.5 Å². The van der Waals surface area contributed by atoms with Gasteiger partial charge in [0.2, 0.25) is 11.8 Å². The summed E-state index contributed by atoms with van der Waals surface area (Å²) in [5, 5.41) is 2.58. The number of aryl methyl sites for hydroxylation is 1. The van der Waals surface area contributed by atoms with Gasteiger partial charge in [-0.2, -0.15) is 0 Å². The maximum atomic E-state index is 13.8. The van der Waals surface area contributed by atoms with Gasteiger partial charge in [-0.15, -0.1) is 0 Å². The first-order chi connectivity index (χ1) is 18.2. The van der Waals surface area contributed by atoms with Gasteiger partial charge in [0, 0.05) is 19.7 Å². The number of hydrogen-bond acceptors (Lipinski definition) is 6. The molecule has 1 aliphatic heterocycles. The first-order valence-electron chi connectivity index (χ1n) is 12.2. The predicted molar refractivity (Wildman–Crippen MR) is 144 cm³/mol. The Balaban J connectivity index is 1.74. The van der Waals surface area contributed by atoms with Crippen molar-refractivity contribution >= 4 is 27.5 Å². The highest BCUT2D eigenvalue weighted by molar-refractivity contribution is 7.92.